The first-order chi connectivity index (χ1) is 8.22. The van der Waals surface area contributed by atoms with Gasteiger partial charge in [-0.05, 0) is 17.5 Å². The standard InChI is InChI=1S/C14H16O3/c1-3-10-5-7-11(8-6-10)9-13-12(4-2)16-14(15)17-13/h5-8H,3-4,9H2,1-2H3. The van der Waals surface area contributed by atoms with Crippen LogP contribution in [0.1, 0.15) is 36.5 Å². The second-order valence-electron chi connectivity index (χ2n) is 4.00. The lowest BCUT2D eigenvalue weighted by atomic mass is 10.1. The molecule has 1 heterocycles. The topological polar surface area (TPSA) is 43.4 Å². The minimum absolute atomic E-state index is 0.609. The molecule has 0 radical (unpaired) electrons. The van der Waals surface area contributed by atoms with Crippen LogP contribution >= 0.6 is 0 Å². The lowest BCUT2D eigenvalue weighted by Gasteiger charge is -2.01. The monoisotopic (exact) mass is 232 g/mol. The van der Waals surface area contributed by atoms with Gasteiger partial charge in [0.1, 0.15) is 5.76 Å². The third-order valence-corrected chi connectivity index (χ3v) is 2.84. The molecule has 0 saturated heterocycles. The van der Waals surface area contributed by atoms with Crippen LogP contribution in [-0.2, 0) is 19.3 Å². The molecule has 0 unspecified atom stereocenters. The van der Waals surface area contributed by atoms with Crippen LogP contribution in [0.25, 0.3) is 0 Å². The molecule has 3 heteroatoms. The van der Waals surface area contributed by atoms with Gasteiger partial charge in [0.05, 0.1) is 0 Å². The van der Waals surface area contributed by atoms with Gasteiger partial charge in [-0.3, -0.25) is 0 Å². The van der Waals surface area contributed by atoms with E-state index in [1.54, 1.807) is 0 Å². The van der Waals surface area contributed by atoms with Crippen molar-refractivity contribution in [1.82, 2.24) is 0 Å². The molecule has 0 aliphatic carbocycles. The smallest absolute Gasteiger partial charge is 0.396 e. The Bertz CT molecular complexity index is 531. The van der Waals surface area contributed by atoms with Crippen LogP contribution in [0.5, 0.6) is 0 Å². The minimum Gasteiger partial charge on any atom is -0.396 e. The molecule has 0 bridgehead atoms. The summed E-state index contributed by atoms with van der Waals surface area (Å²) in [6.45, 7) is 4.07. The van der Waals surface area contributed by atoms with Crippen LogP contribution in [0.4, 0.5) is 0 Å². The number of hydrogen-bond acceptors (Lipinski definition) is 3. The summed E-state index contributed by atoms with van der Waals surface area (Å²) in [6, 6.07) is 8.31. The molecule has 0 amide bonds. The third kappa shape index (κ3) is 2.67. The zero-order valence-corrected chi connectivity index (χ0v) is 10.2. The fraction of sp³-hybridized carbons (Fsp3) is 0.357. The van der Waals surface area contributed by atoms with E-state index in [1.165, 1.54) is 5.56 Å². The summed E-state index contributed by atoms with van der Waals surface area (Å²) in [5, 5.41) is 0. The molecule has 3 nitrogen and oxygen atoms in total. The molecule has 0 atom stereocenters. The minimum atomic E-state index is -0.609. The lowest BCUT2D eigenvalue weighted by molar-refractivity contribution is 0.368. The quantitative estimate of drug-likeness (QED) is 0.814. The number of rotatable bonds is 4. The average Bonchev–Trinajstić information content (AvgIpc) is 2.70. The molecule has 0 N–H and O–H groups in total. The Kier molecular flexibility index (Phi) is 3.47. The van der Waals surface area contributed by atoms with Crippen LogP contribution in [0, 0.1) is 0 Å². The average molecular weight is 232 g/mol. The van der Waals surface area contributed by atoms with Crippen LogP contribution in [0.2, 0.25) is 0 Å². The second-order valence-corrected chi connectivity index (χ2v) is 4.00. The second kappa shape index (κ2) is 5.04. The summed E-state index contributed by atoms with van der Waals surface area (Å²) < 4.78 is 10.0. The van der Waals surface area contributed by atoms with E-state index >= 15 is 0 Å². The molecule has 1 aromatic carbocycles. The highest BCUT2D eigenvalue weighted by atomic mass is 16.6. The van der Waals surface area contributed by atoms with Gasteiger partial charge in [0, 0.05) is 12.8 Å². The van der Waals surface area contributed by atoms with Gasteiger partial charge >= 0.3 is 5.82 Å². The molecule has 2 rings (SSSR count). The van der Waals surface area contributed by atoms with E-state index in [4.69, 9.17) is 8.83 Å². The predicted octanol–water partition coefficient (Wildman–Crippen LogP) is 2.95. The van der Waals surface area contributed by atoms with E-state index in [2.05, 4.69) is 31.2 Å². The molecular formula is C14H16O3. The molecule has 17 heavy (non-hydrogen) atoms. The van der Waals surface area contributed by atoms with E-state index in [0.717, 1.165) is 12.0 Å². The van der Waals surface area contributed by atoms with Gasteiger partial charge < -0.3 is 8.83 Å². The maximum absolute atomic E-state index is 11.0. The van der Waals surface area contributed by atoms with Crippen molar-refractivity contribution in [3.63, 3.8) is 0 Å². The summed E-state index contributed by atoms with van der Waals surface area (Å²) in [4.78, 5) is 11.0. The zero-order valence-electron chi connectivity index (χ0n) is 10.2. The van der Waals surface area contributed by atoms with Gasteiger partial charge in [-0.2, -0.15) is 0 Å². The van der Waals surface area contributed by atoms with Gasteiger partial charge in [0.25, 0.3) is 0 Å². The number of hydrogen-bond donors (Lipinski definition) is 0. The normalized spacial score (nSPS) is 10.7. The molecule has 0 spiro atoms. The van der Waals surface area contributed by atoms with Crippen molar-refractivity contribution in [2.75, 3.05) is 0 Å². The summed E-state index contributed by atoms with van der Waals surface area (Å²) in [5.41, 5.74) is 2.43. The van der Waals surface area contributed by atoms with Gasteiger partial charge in [-0.25, -0.2) is 4.79 Å². The first kappa shape index (κ1) is 11.7. The van der Waals surface area contributed by atoms with E-state index in [-0.39, 0.29) is 0 Å². The Morgan fingerprint density at radius 1 is 0.882 bits per heavy atom. The summed E-state index contributed by atoms with van der Waals surface area (Å²) in [6.07, 6.45) is 2.31. The molecule has 90 valence electrons. The first-order valence-corrected chi connectivity index (χ1v) is 5.92. The van der Waals surface area contributed by atoms with E-state index < -0.39 is 5.82 Å². The predicted molar refractivity (Wildman–Crippen MR) is 65.2 cm³/mol. The fourth-order valence-corrected chi connectivity index (χ4v) is 1.82. The number of aryl methyl sites for hydroxylation is 2. The maximum Gasteiger partial charge on any atom is 0.519 e. The van der Waals surface area contributed by atoms with Gasteiger partial charge in [-0.15, -0.1) is 0 Å². The highest BCUT2D eigenvalue weighted by Crippen LogP contribution is 2.14. The van der Waals surface area contributed by atoms with Crippen molar-refractivity contribution in [3.05, 3.63) is 57.5 Å². The van der Waals surface area contributed by atoms with Gasteiger partial charge in [-0.1, -0.05) is 38.1 Å². The SMILES string of the molecule is CCc1ccc(Cc2oc(=O)oc2CC)cc1. The largest absolute Gasteiger partial charge is 0.519 e. The van der Waals surface area contributed by atoms with Crippen LogP contribution in [-0.4, -0.2) is 0 Å². The Morgan fingerprint density at radius 3 is 2.06 bits per heavy atom. The summed E-state index contributed by atoms with van der Waals surface area (Å²) >= 11 is 0. The van der Waals surface area contributed by atoms with Crippen LogP contribution in [0.3, 0.4) is 0 Å². The molecule has 2 aromatic rings. The van der Waals surface area contributed by atoms with Crippen molar-refractivity contribution in [3.8, 4) is 0 Å². The van der Waals surface area contributed by atoms with Crippen LogP contribution < -0.4 is 5.82 Å². The molecule has 0 saturated carbocycles. The first-order valence-electron chi connectivity index (χ1n) is 5.92. The van der Waals surface area contributed by atoms with Crippen molar-refractivity contribution in [2.24, 2.45) is 0 Å². The Hall–Kier alpha value is -1.77. The third-order valence-electron chi connectivity index (χ3n) is 2.84. The van der Waals surface area contributed by atoms with Crippen molar-refractivity contribution < 1.29 is 8.83 Å². The van der Waals surface area contributed by atoms with Crippen molar-refractivity contribution in [1.29, 1.82) is 0 Å². The zero-order chi connectivity index (χ0) is 12.3. The van der Waals surface area contributed by atoms with E-state index in [0.29, 0.717) is 24.4 Å². The Morgan fingerprint density at radius 2 is 1.47 bits per heavy atom. The highest BCUT2D eigenvalue weighted by molar-refractivity contribution is 5.26. The van der Waals surface area contributed by atoms with Crippen LogP contribution in [0.15, 0.2) is 37.9 Å². The van der Waals surface area contributed by atoms with Gasteiger partial charge in [0.2, 0.25) is 0 Å². The fourth-order valence-electron chi connectivity index (χ4n) is 1.82. The lowest BCUT2D eigenvalue weighted by Crippen LogP contribution is -1.91. The summed E-state index contributed by atoms with van der Waals surface area (Å²) in [7, 11) is 0. The molecule has 0 fully saturated rings. The Balaban J connectivity index is 2.21. The van der Waals surface area contributed by atoms with Crippen molar-refractivity contribution in [2.45, 2.75) is 33.1 Å². The molecule has 0 aliphatic rings. The summed E-state index contributed by atoms with van der Waals surface area (Å²) in [5.74, 6) is 0.679. The number of benzene rings is 1. The maximum atomic E-state index is 11.0. The van der Waals surface area contributed by atoms with Gasteiger partial charge in [0.15, 0.2) is 5.76 Å². The molecule has 1 aromatic heterocycles. The Labute approximate surface area is 100 Å². The van der Waals surface area contributed by atoms with Crippen molar-refractivity contribution >= 4 is 0 Å². The molecular weight excluding hydrogens is 216 g/mol. The van der Waals surface area contributed by atoms with E-state index in [9.17, 15) is 4.79 Å². The molecule has 0 aliphatic heterocycles. The highest BCUT2D eigenvalue weighted by Gasteiger charge is 2.11. The van der Waals surface area contributed by atoms with E-state index in [1.807, 2.05) is 6.92 Å².